The molecular weight excluding hydrogens is 351 g/mol. The number of halogens is 2. The first kappa shape index (κ1) is 20.9. The van der Waals surface area contributed by atoms with Gasteiger partial charge in [-0.15, -0.1) is 0 Å². The van der Waals surface area contributed by atoms with E-state index in [-0.39, 0.29) is 5.41 Å². The van der Waals surface area contributed by atoms with Gasteiger partial charge in [0.1, 0.15) is 5.60 Å². The molecule has 0 aliphatic rings. The maximum absolute atomic E-state index is 11.2. The average molecular weight is 379 g/mol. The van der Waals surface area contributed by atoms with Crippen molar-refractivity contribution in [3.05, 3.63) is 33.8 Å². The van der Waals surface area contributed by atoms with Gasteiger partial charge in [0.15, 0.2) is 15.3 Å². The number of aliphatic hydroxyl groups is 2. The molecule has 0 fully saturated rings. The third kappa shape index (κ3) is 6.37. The Morgan fingerprint density at radius 2 is 1.74 bits per heavy atom. The Balaban J connectivity index is 3.06. The van der Waals surface area contributed by atoms with Gasteiger partial charge in [-0.25, -0.2) is 0 Å². The first-order valence-corrected chi connectivity index (χ1v) is 11.5. The summed E-state index contributed by atoms with van der Waals surface area (Å²) < 4.78 is 5.59. The fourth-order valence-corrected chi connectivity index (χ4v) is 3.47. The SMILES string of the molecule is C[SiH](C)OC(O)C(O)(CCCC(C)(C)C)c1ccc(Cl)c(Cl)c1. The summed E-state index contributed by atoms with van der Waals surface area (Å²) in [6.45, 7) is 10.4. The van der Waals surface area contributed by atoms with Crippen molar-refractivity contribution in [1.29, 1.82) is 0 Å². The molecule has 6 heteroatoms. The highest BCUT2D eigenvalue weighted by molar-refractivity contribution is 6.48. The summed E-state index contributed by atoms with van der Waals surface area (Å²) in [5, 5.41) is 22.4. The van der Waals surface area contributed by atoms with Gasteiger partial charge >= 0.3 is 0 Å². The lowest BCUT2D eigenvalue weighted by molar-refractivity contribution is -0.181. The Morgan fingerprint density at radius 1 is 1.13 bits per heavy atom. The van der Waals surface area contributed by atoms with Gasteiger partial charge in [-0.3, -0.25) is 0 Å². The van der Waals surface area contributed by atoms with Crippen molar-refractivity contribution in [3.8, 4) is 0 Å². The van der Waals surface area contributed by atoms with Crippen molar-refractivity contribution < 1.29 is 14.6 Å². The zero-order valence-corrected chi connectivity index (χ0v) is 17.2. The predicted molar refractivity (Wildman–Crippen MR) is 99.6 cm³/mol. The van der Waals surface area contributed by atoms with Crippen molar-refractivity contribution in [2.75, 3.05) is 0 Å². The van der Waals surface area contributed by atoms with Gasteiger partial charge in [0.2, 0.25) is 0 Å². The molecule has 132 valence electrons. The highest BCUT2D eigenvalue weighted by Crippen LogP contribution is 2.36. The van der Waals surface area contributed by atoms with Crippen LogP contribution in [-0.2, 0) is 10.0 Å². The molecule has 2 N–H and O–H groups in total. The number of rotatable bonds is 7. The van der Waals surface area contributed by atoms with Crippen LogP contribution in [0.5, 0.6) is 0 Å². The van der Waals surface area contributed by atoms with E-state index in [1.54, 1.807) is 18.2 Å². The minimum atomic E-state index is -1.51. The molecule has 0 spiro atoms. The molecule has 0 heterocycles. The van der Waals surface area contributed by atoms with Crippen LogP contribution in [0.1, 0.15) is 45.6 Å². The monoisotopic (exact) mass is 378 g/mol. The standard InChI is InChI=1S/C17H28Cl2O3Si/c1-16(2,3)9-6-10-17(21,15(20)22-23(4)5)12-7-8-13(18)14(19)11-12/h7-8,11,15,20-21,23H,6,9-10H2,1-5H3. The Morgan fingerprint density at radius 3 is 2.22 bits per heavy atom. The summed E-state index contributed by atoms with van der Waals surface area (Å²) >= 11 is 12.0. The van der Waals surface area contributed by atoms with Gasteiger partial charge < -0.3 is 14.6 Å². The molecule has 1 rings (SSSR count). The largest absolute Gasteiger partial charge is 0.394 e. The van der Waals surface area contributed by atoms with Crippen LogP contribution in [0.25, 0.3) is 0 Å². The summed E-state index contributed by atoms with van der Waals surface area (Å²) in [7, 11) is -1.51. The van der Waals surface area contributed by atoms with Crippen molar-refractivity contribution in [2.24, 2.45) is 5.41 Å². The smallest absolute Gasteiger partial charge is 0.178 e. The fraction of sp³-hybridized carbons (Fsp3) is 0.647. The van der Waals surface area contributed by atoms with Crippen LogP contribution in [0.3, 0.4) is 0 Å². The van der Waals surface area contributed by atoms with Crippen LogP contribution in [0.15, 0.2) is 18.2 Å². The molecule has 23 heavy (non-hydrogen) atoms. The molecule has 1 aromatic carbocycles. The number of hydrogen-bond donors (Lipinski definition) is 2. The zero-order valence-electron chi connectivity index (χ0n) is 14.6. The molecule has 2 unspecified atom stereocenters. The number of aliphatic hydroxyl groups excluding tert-OH is 1. The van der Waals surface area contributed by atoms with Crippen LogP contribution in [-0.4, -0.2) is 25.5 Å². The van der Waals surface area contributed by atoms with E-state index in [0.29, 0.717) is 22.0 Å². The molecule has 0 aliphatic carbocycles. The lowest BCUT2D eigenvalue weighted by Crippen LogP contribution is -2.43. The molecular formula is C17H28Cl2O3Si. The number of benzene rings is 1. The van der Waals surface area contributed by atoms with E-state index in [9.17, 15) is 10.2 Å². The minimum absolute atomic E-state index is 0.164. The highest BCUT2D eigenvalue weighted by Gasteiger charge is 2.39. The molecule has 1 aromatic rings. The lowest BCUT2D eigenvalue weighted by atomic mass is 9.83. The van der Waals surface area contributed by atoms with Gasteiger partial charge in [0.05, 0.1) is 10.0 Å². The Labute approximate surface area is 151 Å². The molecule has 0 aliphatic heterocycles. The van der Waals surface area contributed by atoms with Crippen LogP contribution in [0.2, 0.25) is 23.1 Å². The first-order valence-electron chi connectivity index (χ1n) is 7.97. The van der Waals surface area contributed by atoms with Crippen molar-refractivity contribution in [2.45, 2.75) is 65.0 Å². The van der Waals surface area contributed by atoms with Crippen LogP contribution < -0.4 is 0 Å². The second kappa shape index (κ2) is 8.32. The molecule has 0 amide bonds. The van der Waals surface area contributed by atoms with E-state index in [0.717, 1.165) is 12.8 Å². The molecule has 3 nitrogen and oxygen atoms in total. The topological polar surface area (TPSA) is 49.7 Å². The van der Waals surface area contributed by atoms with Gasteiger partial charge in [-0.2, -0.15) is 0 Å². The molecule has 0 aromatic heterocycles. The second-order valence-corrected chi connectivity index (χ2v) is 10.7. The Kier molecular flexibility index (Phi) is 7.58. The lowest BCUT2D eigenvalue weighted by Gasteiger charge is -2.35. The van der Waals surface area contributed by atoms with E-state index < -0.39 is 20.9 Å². The molecule has 2 atom stereocenters. The summed E-state index contributed by atoms with van der Waals surface area (Å²) in [6, 6.07) is 4.93. The van der Waals surface area contributed by atoms with Gasteiger partial charge in [-0.1, -0.05) is 50.0 Å². The molecule has 0 saturated carbocycles. The van der Waals surface area contributed by atoms with E-state index in [1.807, 2.05) is 13.1 Å². The Bertz CT molecular complexity index is 517. The van der Waals surface area contributed by atoms with Crippen LogP contribution >= 0.6 is 23.2 Å². The quantitative estimate of drug-likeness (QED) is 0.533. The van der Waals surface area contributed by atoms with E-state index in [2.05, 4.69) is 20.8 Å². The summed E-state index contributed by atoms with van der Waals surface area (Å²) in [5.74, 6) is 0. The zero-order chi connectivity index (χ0) is 17.8. The highest BCUT2D eigenvalue weighted by atomic mass is 35.5. The number of hydrogen-bond acceptors (Lipinski definition) is 3. The maximum atomic E-state index is 11.2. The van der Waals surface area contributed by atoms with Crippen LogP contribution in [0, 0.1) is 5.41 Å². The molecule has 0 saturated heterocycles. The normalized spacial score (nSPS) is 16.4. The van der Waals surface area contributed by atoms with E-state index >= 15 is 0 Å². The van der Waals surface area contributed by atoms with Crippen molar-refractivity contribution in [1.82, 2.24) is 0 Å². The van der Waals surface area contributed by atoms with Crippen molar-refractivity contribution in [3.63, 3.8) is 0 Å². The summed E-state index contributed by atoms with van der Waals surface area (Å²) in [6.07, 6.45) is 0.819. The first-order chi connectivity index (χ1) is 10.5. The van der Waals surface area contributed by atoms with Crippen molar-refractivity contribution >= 4 is 32.2 Å². The van der Waals surface area contributed by atoms with Gasteiger partial charge in [0, 0.05) is 0 Å². The molecule has 0 radical (unpaired) electrons. The third-order valence-electron chi connectivity index (χ3n) is 3.71. The fourth-order valence-electron chi connectivity index (χ4n) is 2.43. The molecule has 0 bridgehead atoms. The van der Waals surface area contributed by atoms with E-state index in [4.69, 9.17) is 27.6 Å². The van der Waals surface area contributed by atoms with E-state index in [1.165, 1.54) is 0 Å². The van der Waals surface area contributed by atoms with Gasteiger partial charge in [-0.05, 0) is 55.5 Å². The third-order valence-corrected chi connectivity index (χ3v) is 5.25. The predicted octanol–water partition coefficient (Wildman–Crippen LogP) is 4.72. The summed E-state index contributed by atoms with van der Waals surface area (Å²) in [4.78, 5) is 0. The van der Waals surface area contributed by atoms with Crippen LogP contribution in [0.4, 0.5) is 0 Å². The van der Waals surface area contributed by atoms with Gasteiger partial charge in [0.25, 0.3) is 0 Å². The maximum Gasteiger partial charge on any atom is 0.178 e. The summed E-state index contributed by atoms with van der Waals surface area (Å²) in [5.41, 5.74) is -0.795. The Hall–Kier alpha value is -0.103. The second-order valence-electron chi connectivity index (χ2n) is 7.50. The average Bonchev–Trinajstić information content (AvgIpc) is 2.39. The minimum Gasteiger partial charge on any atom is -0.394 e.